The summed E-state index contributed by atoms with van der Waals surface area (Å²) in [5.74, 6) is 0.674. The van der Waals surface area contributed by atoms with E-state index in [2.05, 4.69) is 40.6 Å². The molecule has 3 nitrogen and oxygen atoms in total. The molecule has 0 aliphatic rings. The molecule has 2 aromatic rings. The van der Waals surface area contributed by atoms with Crippen LogP contribution in [-0.4, -0.2) is 17.9 Å². The lowest BCUT2D eigenvalue weighted by Gasteiger charge is -2.08. The minimum absolute atomic E-state index is 0.182. The highest BCUT2D eigenvalue weighted by atomic mass is 127. The van der Waals surface area contributed by atoms with Gasteiger partial charge in [-0.15, -0.1) is 0 Å². The Kier molecular flexibility index (Phi) is 5.22. The third-order valence-electron chi connectivity index (χ3n) is 3.06. The van der Waals surface area contributed by atoms with Gasteiger partial charge in [-0.05, 0) is 72.7 Å². The van der Waals surface area contributed by atoms with Crippen molar-refractivity contribution in [3.8, 4) is 11.5 Å². The predicted molar refractivity (Wildman–Crippen MR) is 95.2 cm³/mol. The van der Waals surface area contributed by atoms with Crippen molar-refractivity contribution in [1.82, 2.24) is 0 Å². The number of nitrogens with zero attached hydrogens (tertiary/aromatic N) is 1. The number of rotatable bonds is 4. The van der Waals surface area contributed by atoms with Gasteiger partial charge in [0.15, 0.2) is 11.5 Å². The minimum Gasteiger partial charge on any atom is -0.504 e. The fourth-order valence-electron chi connectivity index (χ4n) is 2.03. The van der Waals surface area contributed by atoms with E-state index in [0.717, 1.165) is 20.4 Å². The summed E-state index contributed by atoms with van der Waals surface area (Å²) >= 11 is 2.09. The van der Waals surface area contributed by atoms with E-state index in [9.17, 15) is 5.11 Å². The number of ether oxygens (including phenoxy) is 1. The Hall–Kier alpha value is -1.56. The topological polar surface area (TPSA) is 41.8 Å². The van der Waals surface area contributed by atoms with E-state index in [4.69, 9.17) is 4.74 Å². The number of aliphatic imine (C=N–C) groups is 1. The van der Waals surface area contributed by atoms with Crippen molar-refractivity contribution in [2.45, 2.75) is 20.8 Å². The summed E-state index contributed by atoms with van der Waals surface area (Å²) in [7, 11) is 0. The first-order valence-corrected chi connectivity index (χ1v) is 7.85. The molecule has 0 fully saturated rings. The summed E-state index contributed by atoms with van der Waals surface area (Å²) in [6, 6.07) is 9.85. The molecule has 0 saturated heterocycles. The second kappa shape index (κ2) is 6.93. The van der Waals surface area contributed by atoms with Gasteiger partial charge in [-0.25, -0.2) is 0 Å². The maximum Gasteiger partial charge on any atom is 0.171 e. The number of halogens is 1. The van der Waals surface area contributed by atoms with Gasteiger partial charge in [-0.2, -0.15) is 0 Å². The van der Waals surface area contributed by atoms with Crippen LogP contribution in [0.2, 0.25) is 0 Å². The fourth-order valence-corrected chi connectivity index (χ4v) is 2.65. The summed E-state index contributed by atoms with van der Waals surface area (Å²) in [4.78, 5) is 4.52. The number of aromatic hydroxyl groups is 1. The highest BCUT2D eigenvalue weighted by Gasteiger charge is 2.08. The van der Waals surface area contributed by atoms with Crippen molar-refractivity contribution < 1.29 is 9.84 Å². The maximum absolute atomic E-state index is 9.94. The van der Waals surface area contributed by atoms with Gasteiger partial charge in [0.1, 0.15) is 0 Å². The summed E-state index contributed by atoms with van der Waals surface area (Å²) in [6.45, 7) is 6.52. The van der Waals surface area contributed by atoms with E-state index < -0.39 is 0 Å². The van der Waals surface area contributed by atoms with Gasteiger partial charge in [0.25, 0.3) is 0 Å². The van der Waals surface area contributed by atoms with Crippen LogP contribution in [0.1, 0.15) is 23.6 Å². The lowest BCUT2D eigenvalue weighted by Crippen LogP contribution is -1.95. The van der Waals surface area contributed by atoms with Crippen LogP contribution in [-0.2, 0) is 0 Å². The van der Waals surface area contributed by atoms with Crippen molar-refractivity contribution in [3.63, 3.8) is 0 Å². The van der Waals surface area contributed by atoms with Crippen molar-refractivity contribution in [1.29, 1.82) is 0 Å². The predicted octanol–water partition coefficient (Wildman–Crippen LogP) is 4.76. The Bertz CT molecular complexity index is 681. The van der Waals surface area contributed by atoms with Crippen LogP contribution in [0.15, 0.2) is 35.3 Å². The van der Waals surface area contributed by atoms with Crippen LogP contribution in [0.25, 0.3) is 0 Å². The van der Waals surface area contributed by atoms with Gasteiger partial charge < -0.3 is 9.84 Å². The molecule has 21 heavy (non-hydrogen) atoms. The zero-order chi connectivity index (χ0) is 15.4. The molecule has 0 aliphatic heterocycles. The lowest BCUT2D eigenvalue weighted by atomic mass is 10.1. The maximum atomic E-state index is 9.94. The molecular formula is C17H18INO2. The first-order valence-electron chi connectivity index (χ1n) is 6.78. The number of aryl methyl sites for hydroxylation is 2. The summed E-state index contributed by atoms with van der Waals surface area (Å²) in [5, 5.41) is 9.94. The average Bonchev–Trinajstić information content (AvgIpc) is 2.43. The standard InChI is InChI=1S/C17H18INO2/c1-4-21-16-9-13(8-14(18)17(16)20)10-19-15-6-5-11(2)7-12(15)3/h5-10,20H,4H2,1-3H3. The summed E-state index contributed by atoms with van der Waals surface area (Å²) < 4.78 is 6.18. The third kappa shape index (κ3) is 3.97. The first kappa shape index (κ1) is 15.8. The van der Waals surface area contributed by atoms with E-state index in [1.54, 1.807) is 12.3 Å². The van der Waals surface area contributed by atoms with Crippen molar-refractivity contribution in [2.24, 2.45) is 4.99 Å². The molecule has 0 aromatic heterocycles. The van der Waals surface area contributed by atoms with Gasteiger partial charge in [-0.3, -0.25) is 4.99 Å². The molecule has 110 valence electrons. The largest absolute Gasteiger partial charge is 0.504 e. The van der Waals surface area contributed by atoms with Gasteiger partial charge in [0.05, 0.1) is 15.9 Å². The van der Waals surface area contributed by atoms with Crippen LogP contribution in [0, 0.1) is 17.4 Å². The van der Waals surface area contributed by atoms with Crippen LogP contribution in [0.4, 0.5) is 5.69 Å². The summed E-state index contributed by atoms with van der Waals surface area (Å²) in [6.07, 6.45) is 1.79. The molecule has 0 unspecified atom stereocenters. The Morgan fingerprint density at radius 1 is 1.24 bits per heavy atom. The van der Waals surface area contributed by atoms with E-state index in [1.807, 2.05) is 32.0 Å². The molecular weight excluding hydrogens is 377 g/mol. The van der Waals surface area contributed by atoms with Gasteiger partial charge in [0, 0.05) is 6.21 Å². The molecule has 0 atom stereocenters. The molecule has 0 bridgehead atoms. The molecule has 0 heterocycles. The first-order chi connectivity index (χ1) is 10.0. The van der Waals surface area contributed by atoms with E-state index in [0.29, 0.717) is 12.4 Å². The third-order valence-corrected chi connectivity index (χ3v) is 3.88. The number of benzene rings is 2. The zero-order valence-electron chi connectivity index (χ0n) is 12.4. The molecule has 0 saturated carbocycles. The minimum atomic E-state index is 0.182. The van der Waals surface area contributed by atoms with Crippen LogP contribution in [0.3, 0.4) is 0 Å². The normalized spacial score (nSPS) is 11.0. The second-order valence-corrected chi connectivity index (χ2v) is 5.99. The van der Waals surface area contributed by atoms with Crippen molar-refractivity contribution in [2.75, 3.05) is 6.61 Å². The zero-order valence-corrected chi connectivity index (χ0v) is 14.5. The molecule has 2 rings (SSSR count). The molecule has 0 radical (unpaired) electrons. The van der Waals surface area contributed by atoms with Crippen LogP contribution in [0.5, 0.6) is 11.5 Å². The average molecular weight is 395 g/mol. The van der Waals surface area contributed by atoms with Gasteiger partial charge in [-0.1, -0.05) is 17.7 Å². The molecule has 0 aliphatic carbocycles. The number of hydrogen-bond acceptors (Lipinski definition) is 3. The quantitative estimate of drug-likeness (QED) is 0.599. The highest BCUT2D eigenvalue weighted by Crippen LogP contribution is 2.32. The highest BCUT2D eigenvalue weighted by molar-refractivity contribution is 14.1. The number of phenolic OH excluding ortho intramolecular Hbond substituents is 1. The Morgan fingerprint density at radius 2 is 2.00 bits per heavy atom. The van der Waals surface area contributed by atoms with E-state index in [-0.39, 0.29) is 5.75 Å². The van der Waals surface area contributed by atoms with Gasteiger partial charge in [0.2, 0.25) is 0 Å². The molecule has 0 spiro atoms. The van der Waals surface area contributed by atoms with E-state index >= 15 is 0 Å². The number of hydrogen-bond donors (Lipinski definition) is 1. The Labute approximate surface area is 138 Å². The summed E-state index contributed by atoms with van der Waals surface area (Å²) in [5.41, 5.74) is 4.22. The van der Waals surface area contributed by atoms with Crippen LogP contribution >= 0.6 is 22.6 Å². The fraction of sp³-hybridized carbons (Fsp3) is 0.235. The Morgan fingerprint density at radius 3 is 2.67 bits per heavy atom. The van der Waals surface area contributed by atoms with Crippen LogP contribution < -0.4 is 4.74 Å². The number of phenols is 1. The van der Waals surface area contributed by atoms with Crippen molar-refractivity contribution in [3.05, 3.63) is 50.6 Å². The molecule has 1 N–H and O–H groups in total. The molecule has 0 amide bonds. The smallest absolute Gasteiger partial charge is 0.171 e. The molecule has 2 aromatic carbocycles. The van der Waals surface area contributed by atoms with Gasteiger partial charge >= 0.3 is 0 Å². The second-order valence-electron chi connectivity index (χ2n) is 4.83. The molecule has 4 heteroatoms. The van der Waals surface area contributed by atoms with Crippen molar-refractivity contribution >= 4 is 34.5 Å². The lowest BCUT2D eigenvalue weighted by molar-refractivity contribution is 0.317. The Balaban J connectivity index is 2.32. The van der Waals surface area contributed by atoms with E-state index in [1.165, 1.54) is 5.56 Å². The monoisotopic (exact) mass is 395 g/mol. The SMILES string of the molecule is CCOc1cc(C=Nc2ccc(C)cc2C)cc(I)c1O.